The number of aromatic nitrogens is 4. The highest BCUT2D eigenvalue weighted by Gasteiger charge is 2.12. The molecule has 0 aromatic carbocycles. The zero-order chi connectivity index (χ0) is 13.1. The van der Waals surface area contributed by atoms with Gasteiger partial charge < -0.3 is 5.11 Å². The monoisotopic (exact) mass is 246 g/mol. The van der Waals surface area contributed by atoms with Crippen LogP contribution in [0.25, 0.3) is 0 Å². The molecule has 1 unspecified atom stereocenters. The molecule has 0 saturated carbocycles. The molecule has 1 N–H and O–H groups in total. The first-order valence-corrected chi connectivity index (χ1v) is 6.07. The van der Waals surface area contributed by atoms with Crippen molar-refractivity contribution >= 4 is 0 Å². The highest BCUT2D eigenvalue weighted by atomic mass is 16.3. The molecule has 5 heteroatoms. The summed E-state index contributed by atoms with van der Waals surface area (Å²) >= 11 is 0. The Bertz CT molecular complexity index is 504. The standard InChI is InChI=1S/C13H18N4O/c1-9(2)17-5-4-11(16-17)6-13(18)12-8-14-10(3)7-15-12/h4-5,7-9,13,18H,6H2,1-3H3. The van der Waals surface area contributed by atoms with Crippen LogP contribution < -0.4 is 0 Å². The largest absolute Gasteiger partial charge is 0.386 e. The number of hydrogen-bond acceptors (Lipinski definition) is 4. The van der Waals surface area contributed by atoms with Gasteiger partial charge >= 0.3 is 0 Å². The Hall–Kier alpha value is -1.75. The maximum atomic E-state index is 10.1. The van der Waals surface area contributed by atoms with Crippen molar-refractivity contribution in [2.24, 2.45) is 0 Å². The first kappa shape index (κ1) is 12.7. The van der Waals surface area contributed by atoms with E-state index in [4.69, 9.17) is 0 Å². The molecule has 0 aliphatic rings. The Balaban J connectivity index is 2.06. The molecule has 0 aliphatic carbocycles. The fraction of sp³-hybridized carbons (Fsp3) is 0.462. The Kier molecular flexibility index (Phi) is 3.72. The van der Waals surface area contributed by atoms with Crippen molar-refractivity contribution in [3.05, 3.63) is 41.7 Å². The lowest BCUT2D eigenvalue weighted by atomic mass is 10.1. The third kappa shape index (κ3) is 2.92. The molecule has 0 aliphatic heterocycles. The lowest BCUT2D eigenvalue weighted by molar-refractivity contribution is 0.171. The van der Waals surface area contributed by atoms with Gasteiger partial charge in [0, 0.05) is 24.9 Å². The smallest absolute Gasteiger partial charge is 0.103 e. The predicted octanol–water partition coefficient (Wildman–Crippen LogP) is 1.84. The van der Waals surface area contributed by atoms with E-state index in [0.717, 1.165) is 11.4 Å². The van der Waals surface area contributed by atoms with Crippen molar-refractivity contribution in [3.8, 4) is 0 Å². The fourth-order valence-corrected chi connectivity index (χ4v) is 1.65. The normalized spacial score (nSPS) is 12.9. The molecule has 0 fully saturated rings. The van der Waals surface area contributed by atoms with Gasteiger partial charge in [-0.2, -0.15) is 5.10 Å². The molecular formula is C13H18N4O. The molecule has 2 aromatic rings. The van der Waals surface area contributed by atoms with Crippen LogP contribution in [0.2, 0.25) is 0 Å². The van der Waals surface area contributed by atoms with Crippen molar-refractivity contribution < 1.29 is 5.11 Å². The maximum absolute atomic E-state index is 10.1. The van der Waals surface area contributed by atoms with E-state index in [1.807, 2.05) is 23.9 Å². The van der Waals surface area contributed by atoms with Gasteiger partial charge in [-0.3, -0.25) is 14.6 Å². The predicted molar refractivity (Wildman–Crippen MR) is 68.0 cm³/mol. The average Bonchev–Trinajstić information content (AvgIpc) is 2.78. The molecule has 2 heterocycles. The molecule has 2 rings (SSSR count). The van der Waals surface area contributed by atoms with Crippen LogP contribution in [0, 0.1) is 6.92 Å². The van der Waals surface area contributed by atoms with E-state index in [1.165, 1.54) is 0 Å². The topological polar surface area (TPSA) is 63.8 Å². The number of rotatable bonds is 4. The van der Waals surface area contributed by atoms with Gasteiger partial charge in [0.1, 0.15) is 6.10 Å². The van der Waals surface area contributed by atoms with Crippen LogP contribution in [-0.2, 0) is 6.42 Å². The number of aliphatic hydroxyl groups excluding tert-OH is 1. The maximum Gasteiger partial charge on any atom is 0.103 e. The van der Waals surface area contributed by atoms with Gasteiger partial charge in [-0.05, 0) is 26.8 Å². The van der Waals surface area contributed by atoms with E-state index in [0.29, 0.717) is 18.2 Å². The summed E-state index contributed by atoms with van der Waals surface area (Å²) < 4.78 is 1.88. The number of hydrogen-bond donors (Lipinski definition) is 1. The van der Waals surface area contributed by atoms with Gasteiger partial charge in [0.2, 0.25) is 0 Å². The summed E-state index contributed by atoms with van der Waals surface area (Å²) in [5.74, 6) is 0. The molecule has 5 nitrogen and oxygen atoms in total. The van der Waals surface area contributed by atoms with Gasteiger partial charge in [-0.1, -0.05) is 0 Å². The third-order valence-electron chi connectivity index (χ3n) is 2.74. The Labute approximate surface area is 107 Å². The lowest BCUT2D eigenvalue weighted by Crippen LogP contribution is -2.07. The second-order valence-electron chi connectivity index (χ2n) is 4.68. The van der Waals surface area contributed by atoms with E-state index in [2.05, 4.69) is 28.9 Å². The van der Waals surface area contributed by atoms with Crippen LogP contribution in [0.5, 0.6) is 0 Å². The van der Waals surface area contributed by atoms with E-state index in [1.54, 1.807) is 12.4 Å². The highest BCUT2D eigenvalue weighted by Crippen LogP contribution is 2.15. The van der Waals surface area contributed by atoms with Gasteiger partial charge in [0.25, 0.3) is 0 Å². The SMILES string of the molecule is Cc1cnc(C(O)Cc2ccn(C(C)C)n2)cn1. The van der Waals surface area contributed by atoms with Crippen LogP contribution in [0.1, 0.15) is 43.1 Å². The van der Waals surface area contributed by atoms with Crippen LogP contribution in [-0.4, -0.2) is 24.9 Å². The quantitative estimate of drug-likeness (QED) is 0.894. The molecule has 0 saturated heterocycles. The van der Waals surface area contributed by atoms with Crippen molar-refractivity contribution in [1.82, 2.24) is 19.7 Å². The molecule has 18 heavy (non-hydrogen) atoms. The Morgan fingerprint density at radius 1 is 1.28 bits per heavy atom. The molecule has 0 radical (unpaired) electrons. The summed E-state index contributed by atoms with van der Waals surface area (Å²) in [6.07, 6.45) is 4.99. The summed E-state index contributed by atoms with van der Waals surface area (Å²) in [5.41, 5.74) is 2.29. The van der Waals surface area contributed by atoms with Crippen molar-refractivity contribution in [3.63, 3.8) is 0 Å². The number of aliphatic hydroxyl groups is 1. The zero-order valence-electron chi connectivity index (χ0n) is 10.9. The molecule has 0 amide bonds. The van der Waals surface area contributed by atoms with Gasteiger partial charge in [-0.15, -0.1) is 0 Å². The average molecular weight is 246 g/mol. The summed E-state index contributed by atoms with van der Waals surface area (Å²) in [4.78, 5) is 8.30. The van der Waals surface area contributed by atoms with E-state index in [9.17, 15) is 5.11 Å². The van der Waals surface area contributed by atoms with Crippen LogP contribution in [0.4, 0.5) is 0 Å². The van der Waals surface area contributed by atoms with E-state index in [-0.39, 0.29) is 0 Å². The first-order chi connectivity index (χ1) is 8.56. The molecule has 0 spiro atoms. The fourth-order valence-electron chi connectivity index (χ4n) is 1.65. The molecule has 96 valence electrons. The molecule has 1 atom stereocenters. The molecule has 2 aromatic heterocycles. The summed E-state index contributed by atoms with van der Waals surface area (Å²) in [5, 5.41) is 14.5. The minimum Gasteiger partial charge on any atom is -0.386 e. The van der Waals surface area contributed by atoms with Crippen LogP contribution in [0.3, 0.4) is 0 Å². The summed E-state index contributed by atoms with van der Waals surface area (Å²) in [7, 11) is 0. The van der Waals surface area contributed by atoms with Crippen molar-refractivity contribution in [2.45, 2.75) is 39.3 Å². The minimum absolute atomic E-state index is 0.329. The first-order valence-electron chi connectivity index (χ1n) is 6.07. The van der Waals surface area contributed by atoms with Crippen molar-refractivity contribution in [2.75, 3.05) is 0 Å². The van der Waals surface area contributed by atoms with Crippen LogP contribution in [0.15, 0.2) is 24.7 Å². The second-order valence-corrected chi connectivity index (χ2v) is 4.68. The second kappa shape index (κ2) is 5.27. The van der Waals surface area contributed by atoms with Gasteiger partial charge in [-0.25, -0.2) is 0 Å². The Morgan fingerprint density at radius 2 is 2.06 bits per heavy atom. The van der Waals surface area contributed by atoms with Crippen molar-refractivity contribution in [1.29, 1.82) is 0 Å². The van der Waals surface area contributed by atoms with Gasteiger partial charge in [0.15, 0.2) is 0 Å². The van der Waals surface area contributed by atoms with Crippen LogP contribution >= 0.6 is 0 Å². The summed E-state index contributed by atoms with van der Waals surface area (Å²) in [6.45, 7) is 6.00. The summed E-state index contributed by atoms with van der Waals surface area (Å²) in [6, 6.07) is 2.25. The third-order valence-corrected chi connectivity index (χ3v) is 2.74. The molecular weight excluding hydrogens is 228 g/mol. The lowest BCUT2D eigenvalue weighted by Gasteiger charge is -2.08. The van der Waals surface area contributed by atoms with Gasteiger partial charge in [0.05, 0.1) is 23.3 Å². The number of aryl methyl sites for hydroxylation is 1. The minimum atomic E-state index is -0.659. The number of nitrogens with zero attached hydrogens (tertiary/aromatic N) is 4. The zero-order valence-corrected chi connectivity index (χ0v) is 10.9. The van der Waals surface area contributed by atoms with E-state index < -0.39 is 6.10 Å². The molecule has 0 bridgehead atoms. The Morgan fingerprint density at radius 3 is 2.61 bits per heavy atom. The highest BCUT2D eigenvalue weighted by molar-refractivity contribution is 5.09. The van der Waals surface area contributed by atoms with E-state index >= 15 is 0 Å².